The van der Waals surface area contributed by atoms with Gasteiger partial charge in [0.15, 0.2) is 11.5 Å². The third-order valence-electron chi connectivity index (χ3n) is 5.50. The molecule has 0 atom stereocenters. The molecule has 0 unspecified atom stereocenters. The summed E-state index contributed by atoms with van der Waals surface area (Å²) in [4.78, 5) is 25.8. The van der Waals surface area contributed by atoms with Crippen LogP contribution < -0.4 is 16.0 Å². The lowest BCUT2D eigenvalue weighted by Crippen LogP contribution is -2.44. The number of carbonyl (C=O) groups is 1. The average molecular weight is 423 g/mol. The minimum Gasteiger partial charge on any atom is -0.397 e. The topological polar surface area (TPSA) is 91.3 Å². The molecule has 0 saturated carbocycles. The van der Waals surface area contributed by atoms with Crippen molar-refractivity contribution in [2.24, 2.45) is 4.99 Å². The largest absolute Gasteiger partial charge is 0.397 e. The van der Waals surface area contributed by atoms with E-state index in [2.05, 4.69) is 32.1 Å². The van der Waals surface area contributed by atoms with Gasteiger partial charge in [-0.05, 0) is 26.1 Å². The van der Waals surface area contributed by atoms with Crippen LogP contribution in [0.15, 0.2) is 35.6 Å². The smallest absolute Gasteiger partial charge is 0.257 e. The molecule has 9 heteroatoms. The molecule has 3 heterocycles. The number of aryl methyl sites for hydroxylation is 1. The van der Waals surface area contributed by atoms with Gasteiger partial charge in [-0.2, -0.15) is 0 Å². The monoisotopic (exact) mass is 423 g/mol. The lowest BCUT2D eigenvalue weighted by molar-refractivity contribution is 0.102. The molecule has 1 aliphatic heterocycles. The quantitative estimate of drug-likeness (QED) is 0.497. The van der Waals surface area contributed by atoms with Crippen LogP contribution >= 0.6 is 0 Å². The Morgan fingerprint density at radius 1 is 1.26 bits per heavy atom. The molecule has 0 spiro atoms. The molecule has 1 amide bonds. The van der Waals surface area contributed by atoms with E-state index in [1.54, 1.807) is 43.0 Å². The Morgan fingerprint density at radius 3 is 2.71 bits per heavy atom. The highest BCUT2D eigenvalue weighted by Gasteiger charge is 2.21. The Labute approximate surface area is 180 Å². The molecule has 1 saturated heterocycles. The Hall–Kier alpha value is -3.46. The van der Waals surface area contributed by atoms with E-state index in [4.69, 9.17) is 5.73 Å². The Kier molecular flexibility index (Phi) is 5.60. The van der Waals surface area contributed by atoms with Crippen LogP contribution in [0.1, 0.15) is 21.6 Å². The summed E-state index contributed by atoms with van der Waals surface area (Å²) in [5.41, 5.74) is 9.96. The molecule has 0 radical (unpaired) electrons. The summed E-state index contributed by atoms with van der Waals surface area (Å²) in [5, 5.41) is 2.74. The summed E-state index contributed by atoms with van der Waals surface area (Å²) in [5.74, 6) is -0.924. The van der Waals surface area contributed by atoms with Gasteiger partial charge in [-0.25, -0.2) is 9.37 Å². The highest BCUT2D eigenvalue weighted by Crippen LogP contribution is 2.29. The number of nitrogens with one attached hydrogen (secondary N) is 1. The Bertz CT molecular complexity index is 1160. The number of nitrogens with two attached hydrogens (primary N) is 1. The number of pyridine rings is 1. The molecule has 2 aromatic heterocycles. The highest BCUT2D eigenvalue weighted by atomic mass is 19.1. The van der Waals surface area contributed by atoms with Gasteiger partial charge in [0.1, 0.15) is 0 Å². The molecule has 4 rings (SSSR count). The first-order valence-corrected chi connectivity index (χ1v) is 10.1. The molecular formula is C22H26FN7O. The molecule has 3 N–H and O–H groups in total. The minimum atomic E-state index is -0.511. The van der Waals surface area contributed by atoms with E-state index < -0.39 is 11.7 Å². The van der Waals surface area contributed by atoms with E-state index in [1.807, 2.05) is 6.07 Å². The zero-order chi connectivity index (χ0) is 22.1. The van der Waals surface area contributed by atoms with Gasteiger partial charge in [0.25, 0.3) is 5.91 Å². The summed E-state index contributed by atoms with van der Waals surface area (Å²) in [7, 11) is 3.77. The van der Waals surface area contributed by atoms with Crippen molar-refractivity contribution in [1.82, 2.24) is 14.3 Å². The fraction of sp³-hybridized carbons (Fsp3) is 0.318. The average Bonchev–Trinajstić information content (AvgIpc) is 3.11. The molecule has 8 nitrogen and oxygen atoms in total. The number of fused-ring (bicyclic) bond motifs is 1. The number of aliphatic imine (C=N–C) groups is 1. The van der Waals surface area contributed by atoms with Crippen LogP contribution in [-0.4, -0.2) is 66.7 Å². The number of benzene rings is 1. The third-order valence-corrected chi connectivity index (χ3v) is 5.50. The Morgan fingerprint density at radius 2 is 2.00 bits per heavy atom. The van der Waals surface area contributed by atoms with E-state index in [1.165, 1.54) is 6.07 Å². The van der Waals surface area contributed by atoms with Crippen molar-refractivity contribution in [3.63, 3.8) is 0 Å². The first-order valence-electron chi connectivity index (χ1n) is 10.1. The predicted octanol–water partition coefficient (Wildman–Crippen LogP) is 2.42. The second-order valence-electron chi connectivity index (χ2n) is 7.78. The van der Waals surface area contributed by atoms with Gasteiger partial charge >= 0.3 is 0 Å². The Balaban J connectivity index is 1.64. The van der Waals surface area contributed by atoms with Gasteiger partial charge in [0, 0.05) is 69.2 Å². The van der Waals surface area contributed by atoms with E-state index in [0.29, 0.717) is 28.2 Å². The number of hydrogen-bond acceptors (Lipinski definition) is 6. The fourth-order valence-corrected chi connectivity index (χ4v) is 3.86. The maximum absolute atomic E-state index is 14.4. The van der Waals surface area contributed by atoms with E-state index >= 15 is 0 Å². The summed E-state index contributed by atoms with van der Waals surface area (Å²) in [6.07, 6.45) is 5.00. The number of rotatable bonds is 4. The van der Waals surface area contributed by atoms with Gasteiger partial charge < -0.3 is 25.3 Å². The van der Waals surface area contributed by atoms with Gasteiger partial charge in [0.05, 0.1) is 22.6 Å². The maximum Gasteiger partial charge on any atom is 0.257 e. The van der Waals surface area contributed by atoms with Crippen LogP contribution in [0.3, 0.4) is 0 Å². The zero-order valence-electron chi connectivity index (χ0n) is 17.9. The van der Waals surface area contributed by atoms with Crippen LogP contribution in [0.25, 0.3) is 5.65 Å². The number of carbonyl (C=O) groups excluding carboxylic acids is 1. The lowest BCUT2D eigenvalue weighted by atomic mass is 10.0. The number of piperazine rings is 1. The number of nitrogen functional groups attached to an aromatic ring is 1. The van der Waals surface area contributed by atoms with Gasteiger partial charge in [-0.3, -0.25) is 9.79 Å². The maximum atomic E-state index is 14.4. The van der Waals surface area contributed by atoms with Crippen LogP contribution in [0, 0.1) is 12.7 Å². The summed E-state index contributed by atoms with van der Waals surface area (Å²) in [6, 6.07) is 4.86. The predicted molar refractivity (Wildman–Crippen MR) is 122 cm³/mol. The molecule has 162 valence electrons. The summed E-state index contributed by atoms with van der Waals surface area (Å²) in [6.45, 7) is 5.43. The first-order chi connectivity index (χ1) is 14.9. The standard InChI is InChI=1S/C22H26FN7O/c1-14-12-30-13-15(10-18(23)21(30)26-14)27-22(31)16-4-5-19(17(11-25-2)20(16)24)29-8-6-28(3)7-9-29/h4-5,10-13H,6-9,24H2,1-3H3,(H,27,31). The number of halogens is 1. The molecule has 31 heavy (non-hydrogen) atoms. The number of imidazole rings is 1. The van der Waals surface area contributed by atoms with Crippen molar-refractivity contribution in [2.45, 2.75) is 6.92 Å². The van der Waals surface area contributed by atoms with E-state index in [0.717, 1.165) is 31.9 Å². The van der Waals surface area contributed by atoms with Crippen molar-refractivity contribution in [1.29, 1.82) is 0 Å². The molecule has 3 aromatic rings. The number of likely N-dealkylation sites (N-methyl/N-ethyl adjacent to an activating group) is 1. The van der Waals surface area contributed by atoms with Crippen molar-refractivity contribution >= 4 is 34.8 Å². The number of nitrogens with zero attached hydrogens (tertiary/aromatic N) is 5. The van der Waals surface area contributed by atoms with Crippen LogP contribution in [0.5, 0.6) is 0 Å². The number of aromatic nitrogens is 2. The molecular weight excluding hydrogens is 397 g/mol. The van der Waals surface area contributed by atoms with Gasteiger partial charge in [-0.1, -0.05) is 0 Å². The second kappa shape index (κ2) is 8.35. The van der Waals surface area contributed by atoms with E-state index in [-0.39, 0.29) is 5.65 Å². The zero-order valence-corrected chi connectivity index (χ0v) is 17.9. The lowest BCUT2D eigenvalue weighted by Gasteiger charge is -2.35. The van der Waals surface area contributed by atoms with Crippen molar-refractivity contribution in [2.75, 3.05) is 56.2 Å². The van der Waals surface area contributed by atoms with Crippen LogP contribution in [-0.2, 0) is 0 Å². The first kappa shape index (κ1) is 20.8. The van der Waals surface area contributed by atoms with Gasteiger partial charge in [0.2, 0.25) is 0 Å². The minimum absolute atomic E-state index is 0.216. The van der Waals surface area contributed by atoms with Crippen LogP contribution in [0.2, 0.25) is 0 Å². The van der Waals surface area contributed by atoms with Crippen molar-refractivity contribution in [3.8, 4) is 0 Å². The third kappa shape index (κ3) is 4.09. The fourth-order valence-electron chi connectivity index (χ4n) is 3.86. The van der Waals surface area contributed by atoms with Crippen molar-refractivity contribution < 1.29 is 9.18 Å². The molecule has 1 fully saturated rings. The van der Waals surface area contributed by atoms with Crippen molar-refractivity contribution in [3.05, 3.63) is 53.2 Å². The molecule has 0 bridgehead atoms. The highest BCUT2D eigenvalue weighted by molar-refractivity contribution is 6.11. The number of hydrogen-bond donors (Lipinski definition) is 2. The summed E-state index contributed by atoms with van der Waals surface area (Å²) >= 11 is 0. The number of anilines is 3. The van der Waals surface area contributed by atoms with Gasteiger partial charge in [-0.15, -0.1) is 0 Å². The van der Waals surface area contributed by atoms with Crippen LogP contribution in [0.4, 0.5) is 21.5 Å². The molecule has 1 aliphatic rings. The normalized spacial score (nSPS) is 15.2. The SMILES string of the molecule is CN=Cc1c(N2CCN(C)CC2)ccc(C(=O)Nc2cc(F)c3nc(C)cn3c2)c1N. The summed E-state index contributed by atoms with van der Waals surface area (Å²) < 4.78 is 15.9. The van der Waals surface area contributed by atoms with E-state index in [9.17, 15) is 9.18 Å². The number of amides is 1. The second-order valence-corrected chi connectivity index (χ2v) is 7.78. The molecule has 0 aliphatic carbocycles. The molecule has 1 aromatic carbocycles.